The van der Waals surface area contributed by atoms with Gasteiger partial charge < -0.3 is 5.32 Å². The van der Waals surface area contributed by atoms with E-state index in [1.807, 2.05) is 0 Å². The molecule has 1 aliphatic rings. The van der Waals surface area contributed by atoms with Gasteiger partial charge in [-0.2, -0.15) is 0 Å². The number of hydrogen-bond acceptors (Lipinski definition) is 1. The third-order valence-electron chi connectivity index (χ3n) is 4.33. The van der Waals surface area contributed by atoms with Crippen molar-refractivity contribution in [1.82, 2.24) is 5.32 Å². The van der Waals surface area contributed by atoms with Gasteiger partial charge in [0.1, 0.15) is 5.82 Å². The molecule has 1 N–H and O–H groups in total. The van der Waals surface area contributed by atoms with Gasteiger partial charge >= 0.3 is 0 Å². The first kappa shape index (κ1) is 16.5. The molecule has 0 aromatic heterocycles. The Morgan fingerprint density at radius 1 is 1.38 bits per heavy atom. The molecule has 116 valence electrons. The zero-order valence-corrected chi connectivity index (χ0v) is 14.3. The number of carbonyl (C=O) groups excluding carboxylic acids is 1. The molecular formula is C17H23BrFNO. The van der Waals surface area contributed by atoms with Gasteiger partial charge in [0.05, 0.1) is 10.0 Å². The van der Waals surface area contributed by atoms with Crippen LogP contribution < -0.4 is 5.32 Å². The third-order valence-corrected chi connectivity index (χ3v) is 4.94. The van der Waals surface area contributed by atoms with Gasteiger partial charge in [-0.15, -0.1) is 0 Å². The topological polar surface area (TPSA) is 29.1 Å². The van der Waals surface area contributed by atoms with E-state index in [0.29, 0.717) is 16.9 Å². The van der Waals surface area contributed by atoms with E-state index in [0.717, 1.165) is 19.3 Å². The number of hydrogen-bond donors (Lipinski definition) is 1. The minimum atomic E-state index is -0.487. The molecule has 2 rings (SSSR count). The fourth-order valence-electron chi connectivity index (χ4n) is 3.49. The van der Waals surface area contributed by atoms with E-state index in [9.17, 15) is 9.18 Å². The number of rotatable bonds is 5. The second-order valence-corrected chi connectivity index (χ2v) is 7.44. The highest BCUT2D eigenvalue weighted by molar-refractivity contribution is 9.10. The second kappa shape index (κ2) is 6.91. The van der Waals surface area contributed by atoms with Crippen LogP contribution in [0.15, 0.2) is 22.7 Å². The summed E-state index contributed by atoms with van der Waals surface area (Å²) in [5, 5.41) is 2.96. The van der Waals surface area contributed by atoms with Crippen molar-refractivity contribution in [3.63, 3.8) is 0 Å². The normalized spacial score (nSPS) is 17.2. The Kier molecular flexibility index (Phi) is 5.42. The Labute approximate surface area is 134 Å². The van der Waals surface area contributed by atoms with Crippen molar-refractivity contribution >= 4 is 21.8 Å². The van der Waals surface area contributed by atoms with Gasteiger partial charge in [0.2, 0.25) is 0 Å². The first-order chi connectivity index (χ1) is 9.93. The molecular weight excluding hydrogens is 333 g/mol. The van der Waals surface area contributed by atoms with Crippen LogP contribution in [0.2, 0.25) is 0 Å². The van der Waals surface area contributed by atoms with Crippen LogP contribution in [-0.2, 0) is 0 Å². The molecule has 0 spiro atoms. The van der Waals surface area contributed by atoms with Crippen molar-refractivity contribution in [2.75, 3.05) is 6.54 Å². The lowest BCUT2D eigenvalue weighted by Gasteiger charge is -2.31. The number of halogens is 2. The van der Waals surface area contributed by atoms with Gasteiger partial charge in [0.15, 0.2) is 0 Å². The molecule has 21 heavy (non-hydrogen) atoms. The largest absolute Gasteiger partial charge is 0.351 e. The van der Waals surface area contributed by atoms with Crippen LogP contribution in [0.4, 0.5) is 4.39 Å². The van der Waals surface area contributed by atoms with Crippen LogP contribution in [0.5, 0.6) is 0 Å². The smallest absolute Gasteiger partial charge is 0.254 e. The van der Waals surface area contributed by atoms with Crippen molar-refractivity contribution in [1.29, 1.82) is 0 Å². The molecule has 0 aliphatic heterocycles. The van der Waals surface area contributed by atoms with E-state index in [-0.39, 0.29) is 16.9 Å². The van der Waals surface area contributed by atoms with Crippen LogP contribution in [0, 0.1) is 17.2 Å². The number of carbonyl (C=O) groups is 1. The summed E-state index contributed by atoms with van der Waals surface area (Å²) in [4.78, 5) is 12.2. The van der Waals surface area contributed by atoms with E-state index >= 15 is 0 Å². The van der Waals surface area contributed by atoms with E-state index in [1.165, 1.54) is 18.9 Å². The maximum absolute atomic E-state index is 14.0. The lowest BCUT2D eigenvalue weighted by Crippen LogP contribution is -2.37. The summed E-state index contributed by atoms with van der Waals surface area (Å²) in [7, 11) is 0. The number of amides is 1. The average molecular weight is 356 g/mol. The molecule has 0 bridgehead atoms. The maximum Gasteiger partial charge on any atom is 0.254 e. The van der Waals surface area contributed by atoms with E-state index in [2.05, 4.69) is 35.1 Å². The summed E-state index contributed by atoms with van der Waals surface area (Å²) in [5.74, 6) is -0.189. The summed E-state index contributed by atoms with van der Waals surface area (Å²) in [6, 6.07) is 4.81. The summed E-state index contributed by atoms with van der Waals surface area (Å²) in [6.07, 6.45) is 5.90. The van der Waals surface area contributed by atoms with E-state index in [1.54, 1.807) is 12.1 Å². The Hall–Kier alpha value is -0.900. The SMILES string of the molecule is CC(C)CC1(CNC(=O)c2cccc(Br)c2F)CCCC1. The molecule has 0 heterocycles. The molecule has 1 aromatic carbocycles. The minimum absolute atomic E-state index is 0.113. The van der Waals surface area contributed by atoms with Crippen molar-refractivity contribution in [3.05, 3.63) is 34.1 Å². The van der Waals surface area contributed by atoms with Crippen LogP contribution in [-0.4, -0.2) is 12.5 Å². The van der Waals surface area contributed by atoms with Crippen LogP contribution in [0.25, 0.3) is 0 Å². The van der Waals surface area contributed by atoms with Gasteiger partial charge in [-0.25, -0.2) is 4.39 Å². The van der Waals surface area contributed by atoms with E-state index in [4.69, 9.17) is 0 Å². The molecule has 1 amide bonds. The van der Waals surface area contributed by atoms with Gasteiger partial charge in [0.25, 0.3) is 5.91 Å². The fourth-order valence-corrected chi connectivity index (χ4v) is 3.85. The zero-order valence-electron chi connectivity index (χ0n) is 12.7. The minimum Gasteiger partial charge on any atom is -0.351 e. The standard InChI is InChI=1S/C17H23BrFNO/c1-12(2)10-17(8-3-4-9-17)11-20-16(21)13-6-5-7-14(18)15(13)19/h5-7,12H,3-4,8-11H2,1-2H3,(H,20,21). The fraction of sp³-hybridized carbons (Fsp3) is 0.588. The lowest BCUT2D eigenvalue weighted by molar-refractivity contribution is 0.0917. The molecule has 1 fully saturated rings. The van der Waals surface area contributed by atoms with Crippen molar-refractivity contribution in [2.45, 2.75) is 46.0 Å². The first-order valence-electron chi connectivity index (χ1n) is 7.66. The molecule has 2 nitrogen and oxygen atoms in total. The first-order valence-corrected chi connectivity index (χ1v) is 8.45. The summed E-state index contributed by atoms with van der Waals surface area (Å²) < 4.78 is 14.3. The molecule has 1 saturated carbocycles. The van der Waals surface area contributed by atoms with Gasteiger partial charge in [-0.1, -0.05) is 32.8 Å². The van der Waals surface area contributed by atoms with Crippen LogP contribution >= 0.6 is 15.9 Å². The zero-order chi connectivity index (χ0) is 15.5. The Balaban J connectivity index is 2.04. The highest BCUT2D eigenvalue weighted by Gasteiger charge is 2.34. The number of benzene rings is 1. The Morgan fingerprint density at radius 2 is 2.05 bits per heavy atom. The predicted octanol–water partition coefficient (Wildman–Crippen LogP) is 4.92. The van der Waals surface area contributed by atoms with Crippen molar-refractivity contribution < 1.29 is 9.18 Å². The Bertz CT molecular complexity index is 510. The molecule has 0 atom stereocenters. The van der Waals surface area contributed by atoms with Gasteiger partial charge in [-0.3, -0.25) is 4.79 Å². The van der Waals surface area contributed by atoms with Crippen molar-refractivity contribution in [3.8, 4) is 0 Å². The molecule has 4 heteroatoms. The van der Waals surface area contributed by atoms with Crippen LogP contribution in [0.1, 0.15) is 56.3 Å². The highest BCUT2D eigenvalue weighted by Crippen LogP contribution is 2.42. The average Bonchev–Trinajstić information content (AvgIpc) is 2.87. The predicted molar refractivity (Wildman–Crippen MR) is 86.8 cm³/mol. The van der Waals surface area contributed by atoms with Crippen LogP contribution in [0.3, 0.4) is 0 Å². The van der Waals surface area contributed by atoms with Gasteiger partial charge in [0, 0.05) is 6.54 Å². The molecule has 0 saturated heterocycles. The van der Waals surface area contributed by atoms with Crippen molar-refractivity contribution in [2.24, 2.45) is 11.3 Å². The quantitative estimate of drug-likeness (QED) is 0.797. The molecule has 0 unspecified atom stereocenters. The third kappa shape index (κ3) is 4.06. The monoisotopic (exact) mass is 355 g/mol. The summed E-state index contributed by atoms with van der Waals surface area (Å²) >= 11 is 3.12. The highest BCUT2D eigenvalue weighted by atomic mass is 79.9. The van der Waals surface area contributed by atoms with E-state index < -0.39 is 5.82 Å². The summed E-state index contributed by atoms with van der Waals surface area (Å²) in [5.41, 5.74) is 0.314. The Morgan fingerprint density at radius 3 is 2.67 bits per heavy atom. The maximum atomic E-state index is 14.0. The van der Waals surface area contributed by atoms with Gasteiger partial charge in [-0.05, 0) is 58.7 Å². The second-order valence-electron chi connectivity index (χ2n) is 6.59. The molecule has 1 aliphatic carbocycles. The number of nitrogens with one attached hydrogen (secondary N) is 1. The molecule has 1 aromatic rings. The summed E-state index contributed by atoms with van der Waals surface area (Å²) in [6.45, 7) is 5.09. The lowest BCUT2D eigenvalue weighted by atomic mass is 9.78. The molecule has 0 radical (unpaired) electrons.